The van der Waals surface area contributed by atoms with Crippen LogP contribution in [0.25, 0.3) is 0 Å². The van der Waals surface area contributed by atoms with Crippen molar-refractivity contribution in [2.45, 2.75) is 106 Å². The van der Waals surface area contributed by atoms with E-state index in [1.54, 1.807) is 0 Å². The molecule has 3 unspecified atom stereocenters. The summed E-state index contributed by atoms with van der Waals surface area (Å²) in [4.78, 5) is 66.3. The van der Waals surface area contributed by atoms with Gasteiger partial charge in [-0.2, -0.15) is 0 Å². The first-order valence-corrected chi connectivity index (χ1v) is 22.5. The Balaban J connectivity index is 1.06. The lowest BCUT2D eigenvalue weighted by atomic mass is 9.70. The third-order valence-corrected chi connectivity index (χ3v) is 14.6. The average Bonchev–Trinajstić information content (AvgIpc) is 3.96. The largest absolute Gasteiger partial charge is 0.507 e. The number of hydrogen-bond acceptors (Lipinski definition) is 19. The fourth-order valence-corrected chi connectivity index (χ4v) is 11.3. The molecule has 0 bridgehead atoms. The van der Waals surface area contributed by atoms with Crippen molar-refractivity contribution < 1.29 is 77.9 Å². The molecule has 2 amide bonds. The summed E-state index contributed by atoms with van der Waals surface area (Å²) >= 11 is 0. The summed E-state index contributed by atoms with van der Waals surface area (Å²) in [5.41, 5.74) is -0.633. The number of ketones is 2. The highest BCUT2D eigenvalue weighted by atomic mass is 33.1. The van der Waals surface area contributed by atoms with Gasteiger partial charge in [0.15, 0.2) is 24.6 Å². The number of morpholine rings is 1. The molecule has 6 aliphatic rings. The summed E-state index contributed by atoms with van der Waals surface area (Å²) in [7, 11) is 5.24. The maximum atomic E-state index is 14.2. The average molecular weight is 905 g/mol. The molecule has 7 N–H and O–H groups in total. The van der Waals surface area contributed by atoms with E-state index in [1.807, 2.05) is 6.92 Å². The number of phenolic OH excluding ortho intramolecular Hbond substituents is 1. The Morgan fingerprint density at radius 2 is 1.89 bits per heavy atom. The molecule has 2 aromatic carbocycles. The van der Waals surface area contributed by atoms with Crippen molar-refractivity contribution in [1.82, 2.24) is 20.7 Å². The molecule has 4 saturated heterocycles. The van der Waals surface area contributed by atoms with Crippen molar-refractivity contribution in [2.75, 3.05) is 38.9 Å². The van der Waals surface area contributed by atoms with Crippen LogP contribution in [0.1, 0.15) is 88.3 Å². The lowest BCUT2D eigenvalue weighted by molar-refractivity contribution is -0.262. The number of benzene rings is 2. The van der Waals surface area contributed by atoms with Gasteiger partial charge in [0.25, 0.3) is 0 Å². The fraction of sp³-hybridized carbons (Fsp3) is 0.575. The number of hydrazine groups is 1. The summed E-state index contributed by atoms with van der Waals surface area (Å²) in [6, 6.07) is 4.38. The number of ether oxygens (including phenoxy) is 6. The van der Waals surface area contributed by atoms with Gasteiger partial charge in [0.1, 0.15) is 47.6 Å². The van der Waals surface area contributed by atoms with E-state index in [1.165, 1.54) is 56.2 Å². The van der Waals surface area contributed by atoms with E-state index in [0.29, 0.717) is 13.2 Å². The van der Waals surface area contributed by atoms with Crippen LogP contribution in [-0.4, -0.2) is 165 Å². The van der Waals surface area contributed by atoms with Gasteiger partial charge < -0.3 is 59.3 Å². The SMILES string of the molecule is COc1cccc2c1C(=O)c1c(cc3c(c1O)[C@@H](O[C@H]1C[C@H]4[C@H](O[C@@H]5[C@@H](OC)OCCN54)[C@H](C)O1)C[C@@](O)(C(O)C1NN1C(=O)CCSSC[C@H](NC(C)=O)C(=O)O)C3O)C2=O. The standard InChI is InChI=1S/C40H48N4O16S2/c1-16-33-22(43-9-10-57-39(56-4)37(43)60-33)13-26(58-16)59-24-14-40(54,35(51)36-42-44(36)25(46)8-11-61-62-15-21(38(52)53)41-17(2)45)34(50)20-12-19-29(32(49)28(20)24)31(48)27-18(30(19)47)6-5-7-23(27)55-3/h5-7,12,16,21-22,24,26,33-37,39,42,49-51,54H,8-11,13-15H2,1-4H3,(H,41,45)(H,52,53)/t16-,21-,22-,24-,26-,33+,34?,35?,36?,37+,39-,40-,44?/m0/s1. The number of nitrogens with one attached hydrogen (secondary N) is 2. The number of carbonyl (C=O) groups excluding carboxylic acids is 4. The van der Waals surface area contributed by atoms with E-state index in [2.05, 4.69) is 15.6 Å². The number of aromatic hydroxyl groups is 1. The number of aliphatic carboxylic acids is 1. The first-order valence-electron chi connectivity index (χ1n) is 20.0. The van der Waals surface area contributed by atoms with Gasteiger partial charge in [-0.25, -0.2) is 10.2 Å². The van der Waals surface area contributed by atoms with Crippen LogP contribution in [0.5, 0.6) is 11.5 Å². The van der Waals surface area contributed by atoms with Crippen molar-refractivity contribution in [1.29, 1.82) is 0 Å². The van der Waals surface area contributed by atoms with E-state index < -0.39 is 103 Å². The first kappa shape index (κ1) is 44.7. The van der Waals surface area contributed by atoms with Gasteiger partial charge in [0.2, 0.25) is 17.6 Å². The minimum absolute atomic E-state index is 0.00647. The molecule has 0 spiro atoms. The van der Waals surface area contributed by atoms with Crippen LogP contribution in [0.3, 0.4) is 0 Å². The number of fused-ring (bicyclic) bond motifs is 6. The highest BCUT2D eigenvalue weighted by Gasteiger charge is 2.60. The topological polar surface area (TPSA) is 282 Å². The van der Waals surface area contributed by atoms with Gasteiger partial charge in [-0.1, -0.05) is 33.7 Å². The third kappa shape index (κ3) is 7.87. The van der Waals surface area contributed by atoms with Crippen molar-refractivity contribution in [3.63, 3.8) is 0 Å². The first-order chi connectivity index (χ1) is 29.6. The predicted molar refractivity (Wildman–Crippen MR) is 216 cm³/mol. The van der Waals surface area contributed by atoms with Gasteiger partial charge in [-0.15, -0.1) is 0 Å². The van der Waals surface area contributed by atoms with Gasteiger partial charge in [0, 0.05) is 74.1 Å². The molecule has 0 radical (unpaired) electrons. The number of hydrogen-bond donors (Lipinski definition) is 7. The number of aliphatic hydroxyl groups is 3. The second kappa shape index (κ2) is 17.6. The van der Waals surface area contributed by atoms with E-state index >= 15 is 0 Å². The number of carboxylic acids is 1. The number of methoxy groups -OCH3 is 2. The predicted octanol–water partition coefficient (Wildman–Crippen LogP) is 0.330. The van der Waals surface area contributed by atoms with E-state index in [4.69, 9.17) is 28.4 Å². The molecule has 62 heavy (non-hydrogen) atoms. The molecule has 20 nitrogen and oxygen atoms in total. The molecule has 8 rings (SSSR count). The van der Waals surface area contributed by atoms with Crippen molar-refractivity contribution in [2.24, 2.45) is 0 Å². The third-order valence-electron chi connectivity index (χ3n) is 12.2. The van der Waals surface area contributed by atoms with Gasteiger partial charge in [-0.3, -0.25) is 29.1 Å². The van der Waals surface area contributed by atoms with Crippen LogP contribution < -0.4 is 15.5 Å². The molecular formula is C40H48N4O16S2. The monoisotopic (exact) mass is 904 g/mol. The van der Waals surface area contributed by atoms with Crippen LogP contribution in [0, 0.1) is 0 Å². The number of carboxylic acid groups (broad SMARTS) is 1. The van der Waals surface area contributed by atoms with Gasteiger partial charge in [-0.05, 0) is 24.6 Å². The zero-order valence-corrected chi connectivity index (χ0v) is 35.7. The number of phenols is 1. The minimum Gasteiger partial charge on any atom is -0.507 e. The second-order valence-electron chi connectivity index (χ2n) is 15.9. The molecule has 0 saturated carbocycles. The molecular weight excluding hydrogens is 857 g/mol. The zero-order valence-electron chi connectivity index (χ0n) is 34.0. The Morgan fingerprint density at radius 1 is 1.11 bits per heavy atom. The Bertz CT molecular complexity index is 2150. The summed E-state index contributed by atoms with van der Waals surface area (Å²) in [5.74, 6) is -3.76. The van der Waals surface area contributed by atoms with Gasteiger partial charge >= 0.3 is 5.97 Å². The van der Waals surface area contributed by atoms with Crippen LogP contribution in [0.4, 0.5) is 0 Å². The summed E-state index contributed by atoms with van der Waals surface area (Å²) in [6.07, 6.45) is -9.80. The Kier molecular flexibility index (Phi) is 12.7. The summed E-state index contributed by atoms with van der Waals surface area (Å²) in [6.45, 7) is 3.95. The minimum atomic E-state index is -2.48. The summed E-state index contributed by atoms with van der Waals surface area (Å²) < 4.78 is 36.0. The molecule has 12 atom stereocenters. The molecule has 4 heterocycles. The molecule has 4 aliphatic heterocycles. The Labute approximate surface area is 362 Å². The van der Waals surface area contributed by atoms with E-state index in [-0.39, 0.29) is 75.6 Å². The van der Waals surface area contributed by atoms with Crippen molar-refractivity contribution in [3.8, 4) is 11.5 Å². The highest BCUT2D eigenvalue weighted by Crippen LogP contribution is 2.54. The van der Waals surface area contributed by atoms with E-state index in [9.17, 15) is 49.5 Å². The lowest BCUT2D eigenvalue weighted by Crippen LogP contribution is -2.56. The number of aliphatic hydroxyl groups excluding tert-OH is 2. The van der Waals surface area contributed by atoms with Crippen molar-refractivity contribution >= 4 is 50.9 Å². The quantitative estimate of drug-likeness (QED) is 0.0652. The fourth-order valence-electron chi connectivity index (χ4n) is 9.21. The van der Waals surface area contributed by atoms with Crippen LogP contribution in [0.15, 0.2) is 24.3 Å². The second-order valence-corrected chi connectivity index (χ2v) is 18.5. The molecule has 2 aliphatic carbocycles. The van der Waals surface area contributed by atoms with Crippen LogP contribution in [0.2, 0.25) is 0 Å². The lowest BCUT2D eigenvalue weighted by Gasteiger charge is -2.46. The maximum absolute atomic E-state index is 14.2. The number of rotatable bonds is 14. The number of amides is 2. The van der Waals surface area contributed by atoms with Crippen LogP contribution in [-0.2, 0) is 38.1 Å². The van der Waals surface area contributed by atoms with Gasteiger partial charge in [0.05, 0.1) is 37.1 Å². The number of nitrogens with zero attached hydrogens (tertiary/aromatic N) is 2. The maximum Gasteiger partial charge on any atom is 0.327 e. The zero-order chi connectivity index (χ0) is 44.4. The molecule has 22 heteroatoms. The molecule has 2 aromatic rings. The number of carbonyl (C=O) groups is 5. The molecule has 0 aromatic heterocycles. The summed E-state index contributed by atoms with van der Waals surface area (Å²) in [5, 5.41) is 61.2. The normalized spacial score (nSPS) is 32.1. The Morgan fingerprint density at radius 3 is 2.60 bits per heavy atom. The van der Waals surface area contributed by atoms with Crippen LogP contribution >= 0.6 is 21.6 Å². The Hall–Kier alpha value is -3.91. The molecule has 336 valence electrons. The smallest absolute Gasteiger partial charge is 0.327 e. The van der Waals surface area contributed by atoms with E-state index in [0.717, 1.165) is 15.8 Å². The highest BCUT2D eigenvalue weighted by molar-refractivity contribution is 8.76. The molecule has 4 fully saturated rings. The van der Waals surface area contributed by atoms with Crippen molar-refractivity contribution in [3.05, 3.63) is 57.6 Å².